The van der Waals surface area contributed by atoms with Crippen molar-refractivity contribution in [3.8, 4) is 23.0 Å². The normalized spacial score (nSPS) is 18.4. The summed E-state index contributed by atoms with van der Waals surface area (Å²) in [7, 11) is 1.39. The number of rotatable bonds is 5. The van der Waals surface area contributed by atoms with E-state index in [4.69, 9.17) is 9.47 Å². The number of β-amino-alcohol motifs (C(OH)–C–C–N with tert-alkyl or cyclic N) is 1. The van der Waals surface area contributed by atoms with Crippen molar-refractivity contribution in [3.05, 3.63) is 47.7 Å². The number of fused-ring (bicyclic) bond motifs is 2. The molecule has 1 aliphatic heterocycles. The van der Waals surface area contributed by atoms with Crippen molar-refractivity contribution in [1.82, 2.24) is 15.0 Å². The molecule has 10 heteroatoms. The van der Waals surface area contributed by atoms with Crippen LogP contribution in [0.1, 0.15) is 25.8 Å². The molecule has 1 atom stereocenters. The summed E-state index contributed by atoms with van der Waals surface area (Å²) in [6, 6.07) is 5.72. The number of anilines is 1. The van der Waals surface area contributed by atoms with Crippen LogP contribution in [0.5, 0.6) is 11.8 Å². The van der Waals surface area contributed by atoms with Crippen LogP contribution in [0, 0.1) is 11.6 Å². The molecule has 0 aliphatic carbocycles. The first-order chi connectivity index (χ1) is 17.8. The molecule has 194 valence electrons. The maximum absolute atomic E-state index is 16.2. The average molecular weight is 511 g/mol. The van der Waals surface area contributed by atoms with Gasteiger partial charge >= 0.3 is 6.01 Å². The lowest BCUT2D eigenvalue weighted by Gasteiger charge is -2.31. The van der Waals surface area contributed by atoms with Crippen molar-refractivity contribution < 1.29 is 28.5 Å². The Balaban J connectivity index is 1.75. The zero-order valence-corrected chi connectivity index (χ0v) is 20.9. The molecule has 4 aromatic rings. The Hall–Kier alpha value is -3.63. The second-order valence-electron chi connectivity index (χ2n) is 9.24. The molecule has 1 aliphatic rings. The Morgan fingerprint density at radius 2 is 2.00 bits per heavy atom. The standard InChI is InChI=1S/C27H28F2N4O4/c1-4-17-20(28)7-6-15-10-16(34)11-18(21(15)17)23-22(29)24-19(12-30-23)25(32-26(31-24)36-3)33-8-9-37-14-27(35,5-2)13-33/h6-7,10-12,34-35H,4-5,8-9,13-14H2,1-3H3. The SMILES string of the molecule is CCc1c(F)ccc2cc(O)cc(-c3ncc4c(N5CCOCC(O)(CC)C5)nc(OC)nc4c3F)c12. The van der Waals surface area contributed by atoms with E-state index in [0.29, 0.717) is 53.5 Å². The highest BCUT2D eigenvalue weighted by Gasteiger charge is 2.33. The highest BCUT2D eigenvalue weighted by molar-refractivity contribution is 6.01. The van der Waals surface area contributed by atoms with Gasteiger partial charge in [0.1, 0.15) is 34.2 Å². The Bertz CT molecular complexity index is 1500. The fraction of sp³-hybridized carbons (Fsp3) is 0.370. The summed E-state index contributed by atoms with van der Waals surface area (Å²) in [6.07, 6.45) is 2.29. The Morgan fingerprint density at radius 1 is 1.19 bits per heavy atom. The Morgan fingerprint density at radius 3 is 2.73 bits per heavy atom. The number of aromatic hydroxyl groups is 1. The number of phenols is 1. The minimum atomic E-state index is -1.10. The van der Waals surface area contributed by atoms with Crippen molar-refractivity contribution in [2.24, 2.45) is 0 Å². The van der Waals surface area contributed by atoms with Gasteiger partial charge in [-0.1, -0.05) is 19.9 Å². The van der Waals surface area contributed by atoms with Crippen LogP contribution in [0.15, 0.2) is 30.5 Å². The lowest BCUT2D eigenvalue weighted by atomic mass is 9.94. The number of hydrogen-bond donors (Lipinski definition) is 2. The van der Waals surface area contributed by atoms with Crippen LogP contribution < -0.4 is 9.64 Å². The topological polar surface area (TPSA) is 101 Å². The molecule has 1 unspecified atom stereocenters. The van der Waals surface area contributed by atoms with Crippen LogP contribution in [0.4, 0.5) is 14.6 Å². The van der Waals surface area contributed by atoms with E-state index in [9.17, 15) is 14.6 Å². The van der Waals surface area contributed by atoms with Crippen LogP contribution in [-0.4, -0.2) is 64.2 Å². The van der Waals surface area contributed by atoms with E-state index < -0.39 is 17.2 Å². The number of ether oxygens (including phenoxy) is 2. The number of benzene rings is 2. The van der Waals surface area contributed by atoms with Crippen molar-refractivity contribution in [2.75, 3.05) is 38.3 Å². The first kappa shape index (κ1) is 25.0. The lowest BCUT2D eigenvalue weighted by Crippen LogP contribution is -2.44. The molecule has 0 amide bonds. The van der Waals surface area contributed by atoms with Gasteiger partial charge in [-0.2, -0.15) is 9.97 Å². The first-order valence-electron chi connectivity index (χ1n) is 12.2. The van der Waals surface area contributed by atoms with Gasteiger partial charge in [-0.25, -0.2) is 8.78 Å². The molecule has 5 rings (SSSR count). The van der Waals surface area contributed by atoms with Gasteiger partial charge in [0.2, 0.25) is 0 Å². The molecule has 2 N–H and O–H groups in total. The summed E-state index contributed by atoms with van der Waals surface area (Å²) in [6.45, 7) is 4.84. The van der Waals surface area contributed by atoms with Crippen LogP contribution in [0.2, 0.25) is 0 Å². The van der Waals surface area contributed by atoms with Gasteiger partial charge in [0, 0.05) is 18.3 Å². The summed E-state index contributed by atoms with van der Waals surface area (Å²) < 4.78 is 41.8. The molecule has 0 bridgehead atoms. The quantitative estimate of drug-likeness (QED) is 0.408. The second-order valence-corrected chi connectivity index (χ2v) is 9.24. The second kappa shape index (κ2) is 9.68. The lowest BCUT2D eigenvalue weighted by molar-refractivity contribution is -0.0284. The van der Waals surface area contributed by atoms with Crippen LogP contribution in [0.25, 0.3) is 32.9 Å². The smallest absolute Gasteiger partial charge is 0.318 e. The van der Waals surface area contributed by atoms with Crippen molar-refractivity contribution in [2.45, 2.75) is 32.3 Å². The third-order valence-corrected chi connectivity index (χ3v) is 6.91. The number of hydrogen-bond acceptors (Lipinski definition) is 8. The molecular formula is C27H28F2N4O4. The van der Waals surface area contributed by atoms with E-state index in [1.165, 1.54) is 31.5 Å². The third kappa shape index (κ3) is 4.40. The molecule has 2 aromatic heterocycles. The average Bonchev–Trinajstić information content (AvgIpc) is 3.10. The maximum Gasteiger partial charge on any atom is 0.318 e. The molecule has 2 aromatic carbocycles. The Labute approximate surface area is 212 Å². The van der Waals surface area contributed by atoms with Crippen LogP contribution in [-0.2, 0) is 11.2 Å². The number of aliphatic hydroxyl groups is 1. The number of aryl methyl sites for hydroxylation is 1. The van der Waals surface area contributed by atoms with Gasteiger partial charge in [-0.05, 0) is 47.4 Å². The molecule has 1 fully saturated rings. The van der Waals surface area contributed by atoms with Crippen molar-refractivity contribution in [3.63, 3.8) is 0 Å². The zero-order valence-electron chi connectivity index (χ0n) is 20.9. The fourth-order valence-corrected chi connectivity index (χ4v) is 4.89. The first-order valence-corrected chi connectivity index (χ1v) is 12.2. The number of aromatic nitrogens is 3. The van der Waals surface area contributed by atoms with E-state index in [-0.39, 0.29) is 41.7 Å². The molecule has 0 radical (unpaired) electrons. The van der Waals surface area contributed by atoms with Gasteiger partial charge in [0.05, 0.1) is 32.3 Å². The van der Waals surface area contributed by atoms with E-state index in [0.717, 1.165) is 0 Å². The van der Waals surface area contributed by atoms with Crippen molar-refractivity contribution in [1.29, 1.82) is 0 Å². The van der Waals surface area contributed by atoms with E-state index in [1.54, 1.807) is 6.07 Å². The summed E-state index contributed by atoms with van der Waals surface area (Å²) in [5, 5.41) is 22.7. The fourth-order valence-electron chi connectivity index (χ4n) is 4.89. The monoisotopic (exact) mass is 510 g/mol. The minimum Gasteiger partial charge on any atom is -0.508 e. The number of methoxy groups -OCH3 is 1. The molecule has 3 heterocycles. The predicted octanol–water partition coefficient (Wildman–Crippen LogP) is 4.38. The van der Waals surface area contributed by atoms with Gasteiger partial charge in [-0.3, -0.25) is 4.98 Å². The predicted molar refractivity (Wildman–Crippen MR) is 136 cm³/mol. The van der Waals surface area contributed by atoms with Gasteiger partial charge < -0.3 is 24.6 Å². The highest BCUT2D eigenvalue weighted by Crippen LogP contribution is 2.39. The summed E-state index contributed by atoms with van der Waals surface area (Å²) in [5.41, 5.74) is -0.562. The molecular weight excluding hydrogens is 482 g/mol. The van der Waals surface area contributed by atoms with Crippen LogP contribution in [0.3, 0.4) is 0 Å². The zero-order chi connectivity index (χ0) is 26.3. The molecule has 8 nitrogen and oxygen atoms in total. The minimum absolute atomic E-state index is 0.0389. The van der Waals surface area contributed by atoms with Gasteiger partial charge in [-0.15, -0.1) is 0 Å². The number of nitrogens with zero attached hydrogens (tertiary/aromatic N) is 4. The number of pyridine rings is 1. The largest absolute Gasteiger partial charge is 0.508 e. The molecule has 37 heavy (non-hydrogen) atoms. The van der Waals surface area contributed by atoms with E-state index in [2.05, 4.69) is 15.0 Å². The van der Waals surface area contributed by atoms with E-state index >= 15 is 4.39 Å². The third-order valence-electron chi connectivity index (χ3n) is 6.91. The molecule has 0 saturated carbocycles. The highest BCUT2D eigenvalue weighted by atomic mass is 19.1. The molecule has 1 saturated heterocycles. The summed E-state index contributed by atoms with van der Waals surface area (Å²) in [5.74, 6) is -0.907. The van der Waals surface area contributed by atoms with Gasteiger partial charge in [0.15, 0.2) is 5.82 Å². The number of halogens is 2. The molecule has 0 spiro atoms. The Kier molecular flexibility index (Phi) is 6.55. The van der Waals surface area contributed by atoms with E-state index in [1.807, 2.05) is 18.7 Å². The van der Waals surface area contributed by atoms with Crippen molar-refractivity contribution >= 4 is 27.5 Å². The number of phenolic OH excluding ortho intramolecular Hbond substituents is 1. The summed E-state index contributed by atoms with van der Waals surface area (Å²) in [4.78, 5) is 15.0. The maximum atomic E-state index is 16.2. The van der Waals surface area contributed by atoms with Gasteiger partial charge in [0.25, 0.3) is 0 Å². The summed E-state index contributed by atoms with van der Waals surface area (Å²) >= 11 is 0. The van der Waals surface area contributed by atoms with Crippen LogP contribution >= 0.6 is 0 Å².